The minimum Gasteiger partial charge on any atom is -0.380 e. The SMILES string of the molecule is CC.COCc1ccc2ccc3cccc4ccc1c2c34. The lowest BCUT2D eigenvalue weighted by molar-refractivity contribution is 0.186. The molecule has 0 aromatic heterocycles. The molecule has 106 valence electrons. The highest BCUT2D eigenvalue weighted by molar-refractivity contribution is 6.23. The molecule has 0 aliphatic rings. The van der Waals surface area contributed by atoms with Gasteiger partial charge in [0.15, 0.2) is 0 Å². The second-order valence-electron chi connectivity index (χ2n) is 5.01. The van der Waals surface area contributed by atoms with Crippen molar-refractivity contribution in [3.63, 3.8) is 0 Å². The number of ether oxygens (including phenoxy) is 1. The summed E-state index contributed by atoms with van der Waals surface area (Å²) < 4.78 is 5.32. The molecular weight excluding hydrogens is 256 g/mol. The van der Waals surface area contributed by atoms with Crippen LogP contribution in [0.3, 0.4) is 0 Å². The molecule has 0 saturated heterocycles. The highest BCUT2D eigenvalue weighted by Gasteiger charge is 2.09. The molecule has 21 heavy (non-hydrogen) atoms. The molecule has 1 heteroatoms. The predicted molar refractivity (Wildman–Crippen MR) is 92.2 cm³/mol. The molecule has 0 fully saturated rings. The zero-order chi connectivity index (χ0) is 14.8. The van der Waals surface area contributed by atoms with Gasteiger partial charge >= 0.3 is 0 Å². The van der Waals surface area contributed by atoms with Crippen molar-refractivity contribution in [2.45, 2.75) is 20.5 Å². The van der Waals surface area contributed by atoms with Gasteiger partial charge in [-0.25, -0.2) is 0 Å². The molecule has 0 unspecified atom stereocenters. The van der Waals surface area contributed by atoms with Crippen LogP contribution in [0.2, 0.25) is 0 Å². The fourth-order valence-electron chi connectivity index (χ4n) is 3.08. The van der Waals surface area contributed by atoms with E-state index in [1.54, 1.807) is 7.11 Å². The Morgan fingerprint density at radius 3 is 1.95 bits per heavy atom. The van der Waals surface area contributed by atoms with E-state index in [0.717, 1.165) is 0 Å². The van der Waals surface area contributed by atoms with Crippen molar-refractivity contribution in [1.82, 2.24) is 0 Å². The number of benzene rings is 4. The predicted octanol–water partition coefficient (Wildman–Crippen LogP) is 5.76. The maximum atomic E-state index is 5.32. The largest absolute Gasteiger partial charge is 0.380 e. The van der Waals surface area contributed by atoms with Gasteiger partial charge in [-0.15, -0.1) is 0 Å². The molecule has 4 rings (SSSR count). The summed E-state index contributed by atoms with van der Waals surface area (Å²) in [5, 5.41) is 7.97. The van der Waals surface area contributed by atoms with E-state index in [2.05, 4.69) is 54.6 Å². The molecule has 0 N–H and O–H groups in total. The first-order valence-corrected chi connectivity index (χ1v) is 7.53. The van der Waals surface area contributed by atoms with Crippen LogP contribution in [0.4, 0.5) is 0 Å². The Kier molecular flexibility index (Phi) is 3.76. The lowest BCUT2D eigenvalue weighted by Crippen LogP contribution is -1.91. The maximum absolute atomic E-state index is 5.32. The fraction of sp³-hybridized carbons (Fsp3) is 0.200. The maximum Gasteiger partial charge on any atom is 0.0719 e. The summed E-state index contributed by atoms with van der Waals surface area (Å²) in [6.45, 7) is 4.66. The quantitative estimate of drug-likeness (QED) is 0.423. The average Bonchev–Trinajstić information content (AvgIpc) is 2.56. The molecule has 0 aliphatic heterocycles. The van der Waals surface area contributed by atoms with Gasteiger partial charge in [-0.1, -0.05) is 68.4 Å². The standard InChI is InChI=1S/C18H14O.C2H6/c1-19-11-15-8-7-14-6-5-12-3-2-4-13-9-10-16(15)18(14)17(12)13;1-2/h2-10H,11H2,1H3;1-2H3. The van der Waals surface area contributed by atoms with Gasteiger partial charge in [0.25, 0.3) is 0 Å². The molecule has 0 heterocycles. The summed E-state index contributed by atoms with van der Waals surface area (Å²) in [5.41, 5.74) is 1.26. The lowest BCUT2D eigenvalue weighted by atomic mass is 9.92. The molecule has 0 amide bonds. The van der Waals surface area contributed by atoms with E-state index in [0.29, 0.717) is 6.61 Å². The molecule has 0 spiro atoms. The summed E-state index contributed by atoms with van der Waals surface area (Å²) in [4.78, 5) is 0. The van der Waals surface area contributed by atoms with Crippen molar-refractivity contribution in [2.75, 3.05) is 7.11 Å². The molecule has 0 saturated carbocycles. The molecule has 1 nitrogen and oxygen atoms in total. The van der Waals surface area contributed by atoms with Crippen molar-refractivity contribution in [1.29, 1.82) is 0 Å². The lowest BCUT2D eigenvalue weighted by Gasteiger charge is -2.13. The Balaban J connectivity index is 0.000000636. The van der Waals surface area contributed by atoms with E-state index >= 15 is 0 Å². The highest BCUT2D eigenvalue weighted by Crippen LogP contribution is 2.35. The fourth-order valence-corrected chi connectivity index (χ4v) is 3.08. The first kappa shape index (κ1) is 13.8. The van der Waals surface area contributed by atoms with Gasteiger partial charge in [-0.2, -0.15) is 0 Å². The monoisotopic (exact) mass is 276 g/mol. The number of hydrogen-bond acceptors (Lipinski definition) is 1. The summed E-state index contributed by atoms with van der Waals surface area (Å²) in [7, 11) is 1.75. The first-order chi connectivity index (χ1) is 10.4. The third-order valence-corrected chi connectivity index (χ3v) is 3.92. The highest BCUT2D eigenvalue weighted by atomic mass is 16.5. The topological polar surface area (TPSA) is 9.23 Å². The molecule has 4 aromatic carbocycles. The Bertz CT molecular complexity index is 861. The summed E-state index contributed by atoms with van der Waals surface area (Å²) in [6.07, 6.45) is 0. The zero-order valence-corrected chi connectivity index (χ0v) is 12.8. The van der Waals surface area contributed by atoms with Gasteiger partial charge in [0, 0.05) is 7.11 Å². The van der Waals surface area contributed by atoms with Crippen LogP contribution in [-0.2, 0) is 11.3 Å². The summed E-state index contributed by atoms with van der Waals surface area (Å²) >= 11 is 0. The van der Waals surface area contributed by atoms with Gasteiger partial charge in [-0.05, 0) is 37.9 Å². The van der Waals surface area contributed by atoms with E-state index in [1.165, 1.54) is 37.9 Å². The summed E-state index contributed by atoms with van der Waals surface area (Å²) in [5.74, 6) is 0. The van der Waals surface area contributed by atoms with Gasteiger partial charge in [-0.3, -0.25) is 0 Å². The van der Waals surface area contributed by atoms with Crippen molar-refractivity contribution in [2.24, 2.45) is 0 Å². The third-order valence-electron chi connectivity index (χ3n) is 3.92. The van der Waals surface area contributed by atoms with Crippen LogP contribution in [0.1, 0.15) is 19.4 Å². The third kappa shape index (κ3) is 2.14. The van der Waals surface area contributed by atoms with Crippen molar-refractivity contribution in [3.8, 4) is 0 Å². The molecule has 0 bridgehead atoms. The Hall–Kier alpha value is -2.12. The Morgan fingerprint density at radius 1 is 0.714 bits per heavy atom. The van der Waals surface area contributed by atoms with E-state index < -0.39 is 0 Å². The molecule has 0 aliphatic carbocycles. The number of methoxy groups -OCH3 is 1. The van der Waals surface area contributed by atoms with Crippen molar-refractivity contribution in [3.05, 3.63) is 60.2 Å². The number of hydrogen-bond donors (Lipinski definition) is 0. The first-order valence-electron chi connectivity index (χ1n) is 7.53. The van der Waals surface area contributed by atoms with E-state index in [9.17, 15) is 0 Å². The summed E-state index contributed by atoms with van der Waals surface area (Å²) in [6, 6.07) is 19.7. The van der Waals surface area contributed by atoms with E-state index in [1.807, 2.05) is 13.8 Å². The van der Waals surface area contributed by atoms with E-state index in [4.69, 9.17) is 4.74 Å². The molecular formula is C20H20O. The van der Waals surface area contributed by atoms with Gasteiger partial charge < -0.3 is 4.74 Å². The van der Waals surface area contributed by atoms with Crippen LogP contribution in [0.5, 0.6) is 0 Å². The molecule has 0 radical (unpaired) electrons. The van der Waals surface area contributed by atoms with Crippen LogP contribution >= 0.6 is 0 Å². The average molecular weight is 276 g/mol. The molecule has 4 aromatic rings. The van der Waals surface area contributed by atoms with Crippen LogP contribution < -0.4 is 0 Å². The van der Waals surface area contributed by atoms with Crippen LogP contribution in [0.25, 0.3) is 32.3 Å². The van der Waals surface area contributed by atoms with Crippen molar-refractivity contribution >= 4 is 32.3 Å². The second kappa shape index (κ2) is 5.71. The molecule has 0 atom stereocenters. The Morgan fingerprint density at radius 2 is 1.29 bits per heavy atom. The minimum atomic E-state index is 0.661. The van der Waals surface area contributed by atoms with Gasteiger partial charge in [0.1, 0.15) is 0 Å². The minimum absolute atomic E-state index is 0.661. The normalized spacial score (nSPS) is 11.0. The van der Waals surface area contributed by atoms with E-state index in [-0.39, 0.29) is 0 Å². The zero-order valence-electron chi connectivity index (χ0n) is 12.8. The number of rotatable bonds is 2. The van der Waals surface area contributed by atoms with Gasteiger partial charge in [0.2, 0.25) is 0 Å². The second-order valence-corrected chi connectivity index (χ2v) is 5.01. The van der Waals surface area contributed by atoms with Gasteiger partial charge in [0.05, 0.1) is 6.61 Å². The Labute approximate surface area is 125 Å². The van der Waals surface area contributed by atoms with Crippen LogP contribution in [0, 0.1) is 0 Å². The smallest absolute Gasteiger partial charge is 0.0719 e. The van der Waals surface area contributed by atoms with Crippen LogP contribution in [-0.4, -0.2) is 7.11 Å². The van der Waals surface area contributed by atoms with Crippen molar-refractivity contribution < 1.29 is 4.74 Å². The van der Waals surface area contributed by atoms with Crippen LogP contribution in [0.15, 0.2) is 54.6 Å².